The highest BCUT2D eigenvalue weighted by Crippen LogP contribution is 2.31. The van der Waals surface area contributed by atoms with Gasteiger partial charge >= 0.3 is 5.97 Å². The van der Waals surface area contributed by atoms with E-state index in [1.54, 1.807) is 12.1 Å². The van der Waals surface area contributed by atoms with Crippen LogP contribution < -0.4 is 0 Å². The van der Waals surface area contributed by atoms with Crippen molar-refractivity contribution >= 4 is 11.9 Å². The van der Waals surface area contributed by atoms with Gasteiger partial charge in [0, 0.05) is 25.1 Å². The van der Waals surface area contributed by atoms with Crippen molar-refractivity contribution in [3.63, 3.8) is 0 Å². The number of nitrogens with zero attached hydrogens (tertiary/aromatic N) is 1. The van der Waals surface area contributed by atoms with Crippen LogP contribution in [-0.2, 0) is 11.2 Å². The van der Waals surface area contributed by atoms with Gasteiger partial charge in [-0.05, 0) is 42.2 Å². The van der Waals surface area contributed by atoms with E-state index in [9.17, 15) is 9.59 Å². The van der Waals surface area contributed by atoms with Crippen LogP contribution in [0.1, 0.15) is 76.5 Å². The maximum atomic E-state index is 13.1. The van der Waals surface area contributed by atoms with Crippen molar-refractivity contribution < 1.29 is 14.3 Å². The molecule has 0 bridgehead atoms. The molecule has 1 heterocycles. The Morgan fingerprint density at radius 1 is 1.00 bits per heavy atom. The van der Waals surface area contributed by atoms with Gasteiger partial charge in [0.2, 0.25) is 0 Å². The molecule has 1 saturated carbocycles. The Labute approximate surface area is 166 Å². The molecule has 0 aromatic heterocycles. The first-order valence-corrected chi connectivity index (χ1v) is 10.3. The van der Waals surface area contributed by atoms with E-state index >= 15 is 0 Å². The fraction of sp³-hybridized carbons (Fsp3) is 0.417. The van der Waals surface area contributed by atoms with Crippen molar-refractivity contribution in [1.29, 1.82) is 0 Å². The van der Waals surface area contributed by atoms with E-state index in [1.165, 1.54) is 25.7 Å². The van der Waals surface area contributed by atoms with Crippen LogP contribution in [0.3, 0.4) is 0 Å². The van der Waals surface area contributed by atoms with Crippen LogP contribution in [0.5, 0.6) is 0 Å². The average molecular weight is 377 g/mol. The molecular weight excluding hydrogens is 350 g/mol. The molecule has 1 unspecified atom stereocenters. The maximum Gasteiger partial charge on any atom is 0.339 e. The SMILES string of the molecule is CN(C(=O)c1ccc2c(c1)CC(c1ccccc1)OC2=O)C1CCCCCC1. The van der Waals surface area contributed by atoms with Crippen molar-refractivity contribution in [1.82, 2.24) is 4.90 Å². The highest BCUT2D eigenvalue weighted by Gasteiger charge is 2.29. The van der Waals surface area contributed by atoms with E-state index in [2.05, 4.69) is 0 Å². The van der Waals surface area contributed by atoms with E-state index in [-0.39, 0.29) is 18.0 Å². The van der Waals surface area contributed by atoms with Crippen LogP contribution >= 0.6 is 0 Å². The van der Waals surface area contributed by atoms with Crippen LogP contribution in [0.2, 0.25) is 0 Å². The minimum Gasteiger partial charge on any atom is -0.454 e. The normalized spacial score (nSPS) is 20.0. The Morgan fingerprint density at radius 3 is 2.43 bits per heavy atom. The topological polar surface area (TPSA) is 46.6 Å². The number of cyclic esters (lactones) is 1. The Bertz CT molecular complexity index is 853. The van der Waals surface area contributed by atoms with E-state index in [0.717, 1.165) is 24.0 Å². The molecule has 2 aliphatic rings. The average Bonchev–Trinajstić information content (AvgIpc) is 3.02. The highest BCUT2D eigenvalue weighted by atomic mass is 16.5. The van der Waals surface area contributed by atoms with Crippen molar-refractivity contribution in [3.8, 4) is 0 Å². The van der Waals surface area contributed by atoms with Gasteiger partial charge < -0.3 is 9.64 Å². The standard InChI is InChI=1S/C24H27NO3/c1-25(20-11-7-2-3-8-12-20)23(26)18-13-14-21-19(15-18)16-22(28-24(21)27)17-9-5-4-6-10-17/h4-6,9-10,13-15,20,22H,2-3,7-8,11-12,16H2,1H3. The zero-order valence-electron chi connectivity index (χ0n) is 16.4. The molecule has 28 heavy (non-hydrogen) atoms. The lowest BCUT2D eigenvalue weighted by Gasteiger charge is -2.28. The Kier molecular flexibility index (Phi) is 5.47. The number of ether oxygens (including phenoxy) is 1. The zero-order chi connectivity index (χ0) is 19.5. The van der Waals surface area contributed by atoms with Crippen LogP contribution in [0.4, 0.5) is 0 Å². The van der Waals surface area contributed by atoms with E-state index in [1.807, 2.05) is 48.3 Å². The number of rotatable bonds is 3. The zero-order valence-corrected chi connectivity index (χ0v) is 16.4. The van der Waals surface area contributed by atoms with E-state index < -0.39 is 0 Å². The third-order valence-electron chi connectivity index (χ3n) is 6.09. The second-order valence-corrected chi connectivity index (χ2v) is 7.94. The molecule has 1 amide bonds. The number of benzene rings is 2. The highest BCUT2D eigenvalue weighted by molar-refractivity contribution is 5.97. The predicted molar refractivity (Wildman–Crippen MR) is 108 cm³/mol. The molecule has 1 aliphatic heterocycles. The summed E-state index contributed by atoms with van der Waals surface area (Å²) in [5, 5.41) is 0. The molecule has 0 spiro atoms. The smallest absolute Gasteiger partial charge is 0.339 e. The van der Waals surface area contributed by atoms with Crippen LogP contribution in [0.15, 0.2) is 48.5 Å². The first-order valence-electron chi connectivity index (χ1n) is 10.3. The van der Waals surface area contributed by atoms with Gasteiger partial charge in [-0.1, -0.05) is 56.0 Å². The minimum absolute atomic E-state index is 0.0462. The molecule has 2 aromatic rings. The van der Waals surface area contributed by atoms with Gasteiger partial charge in [-0.2, -0.15) is 0 Å². The van der Waals surface area contributed by atoms with Gasteiger partial charge in [-0.3, -0.25) is 4.79 Å². The van der Waals surface area contributed by atoms with Gasteiger partial charge in [-0.25, -0.2) is 4.79 Å². The third-order valence-corrected chi connectivity index (χ3v) is 6.09. The second-order valence-electron chi connectivity index (χ2n) is 7.94. The molecule has 4 heteroatoms. The van der Waals surface area contributed by atoms with Crippen molar-refractivity contribution in [2.75, 3.05) is 7.05 Å². The summed E-state index contributed by atoms with van der Waals surface area (Å²) in [6.07, 6.45) is 7.37. The van der Waals surface area contributed by atoms with Gasteiger partial charge in [0.05, 0.1) is 5.56 Å². The fourth-order valence-corrected chi connectivity index (χ4v) is 4.40. The quantitative estimate of drug-likeness (QED) is 0.562. The lowest BCUT2D eigenvalue weighted by Crippen LogP contribution is -2.37. The van der Waals surface area contributed by atoms with Crippen LogP contribution in [-0.4, -0.2) is 29.9 Å². The summed E-state index contributed by atoms with van der Waals surface area (Å²) in [6.45, 7) is 0. The second kappa shape index (κ2) is 8.17. The molecule has 146 valence electrons. The van der Waals surface area contributed by atoms with E-state index in [4.69, 9.17) is 4.74 Å². The van der Waals surface area contributed by atoms with Gasteiger partial charge in [-0.15, -0.1) is 0 Å². The first-order chi connectivity index (χ1) is 13.6. The summed E-state index contributed by atoms with van der Waals surface area (Å²) in [5.41, 5.74) is 3.10. The maximum absolute atomic E-state index is 13.1. The lowest BCUT2D eigenvalue weighted by molar-refractivity contribution is 0.0252. The number of fused-ring (bicyclic) bond motifs is 1. The molecule has 4 rings (SSSR count). The Morgan fingerprint density at radius 2 is 1.71 bits per heavy atom. The molecule has 0 saturated heterocycles. The number of hydrogen-bond donors (Lipinski definition) is 0. The number of esters is 1. The van der Waals surface area contributed by atoms with Gasteiger partial charge in [0.15, 0.2) is 0 Å². The van der Waals surface area contributed by atoms with Crippen molar-refractivity contribution in [2.45, 2.75) is 57.1 Å². The Hall–Kier alpha value is -2.62. The molecule has 0 radical (unpaired) electrons. The summed E-state index contributed by atoms with van der Waals surface area (Å²) >= 11 is 0. The monoisotopic (exact) mass is 377 g/mol. The summed E-state index contributed by atoms with van der Waals surface area (Å²) in [6, 6.07) is 15.5. The van der Waals surface area contributed by atoms with E-state index in [0.29, 0.717) is 23.6 Å². The number of carbonyl (C=O) groups excluding carboxylic acids is 2. The first kappa shape index (κ1) is 18.7. The Balaban J connectivity index is 1.56. The molecule has 2 aromatic carbocycles. The van der Waals surface area contributed by atoms with Gasteiger partial charge in [0.25, 0.3) is 5.91 Å². The number of carbonyl (C=O) groups is 2. The fourth-order valence-electron chi connectivity index (χ4n) is 4.40. The lowest BCUT2D eigenvalue weighted by atomic mass is 9.93. The number of amides is 1. The van der Waals surface area contributed by atoms with Crippen LogP contribution in [0.25, 0.3) is 0 Å². The van der Waals surface area contributed by atoms with Gasteiger partial charge in [0.1, 0.15) is 6.10 Å². The predicted octanol–water partition coefficient (Wildman–Crippen LogP) is 4.94. The summed E-state index contributed by atoms with van der Waals surface area (Å²) < 4.78 is 5.62. The third kappa shape index (κ3) is 3.82. The largest absolute Gasteiger partial charge is 0.454 e. The molecule has 1 atom stereocenters. The molecule has 0 N–H and O–H groups in total. The summed E-state index contributed by atoms with van der Waals surface area (Å²) in [5.74, 6) is -0.267. The minimum atomic E-state index is -0.314. The van der Waals surface area contributed by atoms with Crippen LogP contribution in [0, 0.1) is 0 Å². The molecular formula is C24H27NO3. The van der Waals surface area contributed by atoms with Crippen molar-refractivity contribution in [3.05, 3.63) is 70.8 Å². The summed E-state index contributed by atoms with van der Waals surface area (Å²) in [4.78, 5) is 27.4. The molecule has 1 fully saturated rings. The van der Waals surface area contributed by atoms with Crippen molar-refractivity contribution in [2.24, 2.45) is 0 Å². The number of hydrogen-bond acceptors (Lipinski definition) is 3. The molecule has 4 nitrogen and oxygen atoms in total. The molecule has 1 aliphatic carbocycles. The summed E-state index contributed by atoms with van der Waals surface area (Å²) in [7, 11) is 1.92.